The number of nitrogens with zero attached hydrogens (tertiary/aromatic N) is 2. The van der Waals surface area contributed by atoms with E-state index in [2.05, 4.69) is 42.3 Å². The van der Waals surface area contributed by atoms with Gasteiger partial charge in [0.25, 0.3) is 0 Å². The minimum Gasteiger partial charge on any atom is -0.668 e. The van der Waals surface area contributed by atoms with Crippen molar-refractivity contribution in [3.63, 3.8) is 0 Å². The topological polar surface area (TPSA) is 26.5 Å². The average Bonchev–Trinajstić information content (AvgIpc) is 2.52. The Hall–Kier alpha value is 0.500. The smallest absolute Gasteiger partial charge is 0.0491 e. The van der Waals surface area contributed by atoms with Gasteiger partial charge in [-0.25, -0.2) is 0 Å². The van der Waals surface area contributed by atoms with Gasteiger partial charge in [0.05, 0.1) is 0 Å². The summed E-state index contributed by atoms with van der Waals surface area (Å²) in [7, 11) is 3.50. The molecule has 0 aromatic carbocycles. The molecule has 0 amide bonds. The van der Waals surface area contributed by atoms with Crippen LogP contribution in [-0.2, 0) is 20.9 Å². The van der Waals surface area contributed by atoms with Crippen molar-refractivity contribution in [1.82, 2.24) is 0 Å². The summed E-state index contributed by atoms with van der Waals surface area (Å²) >= 11 is 1.53. The maximum absolute atomic E-state index is 3.94. The molecule has 0 aromatic rings. The average molecular weight is 374 g/mol. The van der Waals surface area contributed by atoms with Crippen molar-refractivity contribution in [3.8, 4) is 0 Å². The second-order valence-electron chi connectivity index (χ2n) is 6.13. The van der Waals surface area contributed by atoms with Gasteiger partial charge in [-0.05, 0) is 5.92 Å². The summed E-state index contributed by atoms with van der Waals surface area (Å²) in [5, 5.41) is 3.50. The van der Waals surface area contributed by atoms with E-state index in [1.165, 1.54) is 78.7 Å². The van der Waals surface area contributed by atoms with E-state index in [1.807, 2.05) is 0 Å². The summed E-state index contributed by atoms with van der Waals surface area (Å²) in [4.78, 5) is 0. The summed E-state index contributed by atoms with van der Waals surface area (Å²) in [6.45, 7) is 6.48. The number of hydrogen-bond acceptors (Lipinski definition) is 1. The molecule has 0 atom stereocenters. The second kappa shape index (κ2) is 20.5. The number of hydrogen-bond donors (Lipinski definition) is 0. The van der Waals surface area contributed by atoms with Crippen LogP contribution in [-0.4, -0.2) is 20.1 Å². The summed E-state index contributed by atoms with van der Waals surface area (Å²) < 4.78 is 3.94. The van der Waals surface area contributed by atoms with E-state index in [-0.39, 0.29) is 0 Å². The molecule has 0 N–H and O–H groups in total. The largest absolute Gasteiger partial charge is 0.668 e. The van der Waals surface area contributed by atoms with Gasteiger partial charge in [0.1, 0.15) is 0 Å². The second-order valence-corrected chi connectivity index (χ2v) is 6.70. The van der Waals surface area contributed by atoms with Crippen molar-refractivity contribution in [1.29, 1.82) is 0 Å². The van der Waals surface area contributed by atoms with Gasteiger partial charge in [-0.15, -0.1) is 0 Å². The third-order valence-electron chi connectivity index (χ3n) is 3.27. The van der Waals surface area contributed by atoms with Gasteiger partial charge in [0.15, 0.2) is 0 Å². The first-order valence-corrected chi connectivity index (χ1v) is 9.52. The van der Waals surface area contributed by atoms with Crippen LogP contribution in [0.3, 0.4) is 0 Å². The van der Waals surface area contributed by atoms with Crippen LogP contribution in [0, 0.1) is 18.8 Å². The molecule has 2 rings (SSSR count). The van der Waals surface area contributed by atoms with Crippen molar-refractivity contribution < 1.29 is 20.9 Å². The van der Waals surface area contributed by atoms with Crippen molar-refractivity contribution in [2.45, 2.75) is 84.6 Å². The third-order valence-corrected chi connectivity index (χ3v) is 4.41. The first kappa shape index (κ1) is 23.8. The maximum atomic E-state index is 3.94. The van der Waals surface area contributed by atoms with E-state index < -0.39 is 0 Å². The Kier molecular flexibility index (Phi) is 23.2. The van der Waals surface area contributed by atoms with E-state index in [0.717, 1.165) is 5.92 Å². The van der Waals surface area contributed by atoms with E-state index >= 15 is 0 Å². The molecular formula is C18H37N2Nb-3. The van der Waals surface area contributed by atoms with Crippen LogP contribution in [0.25, 0.3) is 5.32 Å². The normalized spacial score (nSPS) is 18.1. The minimum atomic E-state index is 0.531. The molecule has 0 spiro atoms. The summed E-state index contributed by atoms with van der Waals surface area (Å²) in [6, 6.07) is 0.531. The van der Waals surface area contributed by atoms with Crippen LogP contribution in [0.15, 0.2) is 3.34 Å². The molecule has 0 heterocycles. The molecule has 2 aliphatic rings. The SMILES string of the molecule is CC(C)[N]=[Nb].CC1CC[CH-]CC1.C[N-]C.[CH-]1CCCCC1. The van der Waals surface area contributed by atoms with Crippen LogP contribution in [0.2, 0.25) is 0 Å². The predicted octanol–water partition coefficient (Wildman–Crippen LogP) is 6.30. The van der Waals surface area contributed by atoms with Gasteiger partial charge < -0.3 is 18.2 Å². The quantitative estimate of drug-likeness (QED) is 0.380. The standard InChI is InChI=1S/C7H13.C6H11.C3H7N.C2H6N.Nb/c1-7-5-3-2-4-6-7;1-2-4-6-5-3-1;1-3(2)4;1-3-2;/h2,7H,3-6H2,1H3;1H,2-6H2;3H,1-2H3;1-2H3;/q2*-1;;-1;. The van der Waals surface area contributed by atoms with Crippen LogP contribution in [0.1, 0.15) is 78.6 Å². The molecule has 2 fully saturated rings. The molecule has 2 nitrogen and oxygen atoms in total. The van der Waals surface area contributed by atoms with Crippen molar-refractivity contribution >= 4 is 0 Å². The number of rotatable bonds is 1. The third kappa shape index (κ3) is 25.8. The Bertz CT molecular complexity index is 174. The first-order valence-electron chi connectivity index (χ1n) is 8.53. The molecule has 0 aliphatic heterocycles. The van der Waals surface area contributed by atoms with Gasteiger partial charge >= 0.3 is 44.1 Å². The van der Waals surface area contributed by atoms with Gasteiger partial charge in [0, 0.05) is 0 Å². The Morgan fingerprint density at radius 3 is 1.48 bits per heavy atom. The Labute approximate surface area is 147 Å². The molecule has 127 valence electrons. The van der Waals surface area contributed by atoms with E-state index in [0.29, 0.717) is 6.04 Å². The molecular weight excluding hydrogens is 337 g/mol. The Morgan fingerprint density at radius 1 is 0.952 bits per heavy atom. The van der Waals surface area contributed by atoms with Crippen LogP contribution in [0.4, 0.5) is 0 Å². The van der Waals surface area contributed by atoms with E-state index in [4.69, 9.17) is 0 Å². The fraction of sp³-hybridized carbons (Fsp3) is 0.889. The summed E-state index contributed by atoms with van der Waals surface area (Å²) in [5.74, 6) is 1.00. The van der Waals surface area contributed by atoms with Crippen LogP contribution < -0.4 is 0 Å². The van der Waals surface area contributed by atoms with Gasteiger partial charge in [-0.3, -0.25) is 0 Å². The van der Waals surface area contributed by atoms with Crippen molar-refractivity contribution in [3.05, 3.63) is 18.2 Å². The van der Waals surface area contributed by atoms with Gasteiger partial charge in [-0.2, -0.15) is 39.8 Å². The van der Waals surface area contributed by atoms with Gasteiger partial charge in [-0.1, -0.05) is 39.0 Å². The van der Waals surface area contributed by atoms with Crippen LogP contribution in [0.5, 0.6) is 0 Å². The zero-order valence-electron chi connectivity index (χ0n) is 15.0. The molecule has 21 heavy (non-hydrogen) atoms. The van der Waals surface area contributed by atoms with E-state index in [1.54, 1.807) is 14.1 Å². The van der Waals surface area contributed by atoms with Crippen LogP contribution >= 0.6 is 0 Å². The van der Waals surface area contributed by atoms with Crippen molar-refractivity contribution in [2.24, 2.45) is 9.26 Å². The minimum absolute atomic E-state index is 0.531. The molecule has 0 radical (unpaired) electrons. The maximum Gasteiger partial charge on any atom is -0.0491 e. The Morgan fingerprint density at radius 2 is 1.33 bits per heavy atom. The fourth-order valence-electron chi connectivity index (χ4n) is 1.99. The molecule has 0 bridgehead atoms. The summed E-state index contributed by atoms with van der Waals surface area (Å²) in [5.41, 5.74) is 0. The van der Waals surface area contributed by atoms with Gasteiger partial charge in [0.2, 0.25) is 0 Å². The molecule has 0 unspecified atom stereocenters. The molecule has 2 aliphatic carbocycles. The predicted molar refractivity (Wildman–Crippen MR) is 92.1 cm³/mol. The molecule has 3 heteroatoms. The Balaban J connectivity index is 0. The van der Waals surface area contributed by atoms with E-state index in [9.17, 15) is 0 Å². The molecule has 2 saturated carbocycles. The first-order chi connectivity index (χ1) is 10.1. The summed E-state index contributed by atoms with van der Waals surface area (Å²) in [6.07, 6.45) is 17.5. The molecule has 0 saturated heterocycles. The van der Waals surface area contributed by atoms with Crippen molar-refractivity contribution in [2.75, 3.05) is 14.1 Å². The molecule has 0 aromatic heterocycles. The monoisotopic (exact) mass is 374 g/mol. The fourth-order valence-corrected chi connectivity index (χ4v) is 1.99. The zero-order chi connectivity index (χ0) is 16.3. The zero-order valence-corrected chi connectivity index (χ0v) is 17.2.